The Morgan fingerprint density at radius 2 is 1.57 bits per heavy atom. The molecule has 0 aromatic carbocycles. The summed E-state index contributed by atoms with van der Waals surface area (Å²) in [6, 6.07) is 4.04. The molecular formula is C4H5CuLiS. The first-order valence-corrected chi connectivity index (χ1v) is 2.41. The van der Waals surface area contributed by atoms with Crippen LogP contribution in [0.5, 0.6) is 0 Å². The van der Waals surface area contributed by atoms with Gasteiger partial charge >= 0.3 is 18.9 Å². The van der Waals surface area contributed by atoms with Crippen molar-refractivity contribution in [1.82, 2.24) is 0 Å². The van der Waals surface area contributed by atoms with E-state index in [-0.39, 0.29) is 37.4 Å². The van der Waals surface area contributed by atoms with Crippen LogP contribution in [-0.4, -0.2) is 0 Å². The maximum atomic E-state index is 2.04. The summed E-state index contributed by atoms with van der Waals surface area (Å²) in [5, 5.41) is 4.08. The van der Waals surface area contributed by atoms with Crippen LogP contribution in [0.2, 0.25) is 0 Å². The van der Waals surface area contributed by atoms with Gasteiger partial charge in [0.05, 0.1) is 0 Å². The Balaban J connectivity index is -0.0000000833. The molecule has 0 nitrogen and oxygen atoms in total. The van der Waals surface area contributed by atoms with Crippen molar-refractivity contribution in [2.45, 2.75) is 0 Å². The Hall–Kier alpha value is 0.817. The van der Waals surface area contributed by atoms with Crippen molar-refractivity contribution < 1.29 is 37.4 Å². The second-order valence-corrected chi connectivity index (χ2v) is 1.61. The van der Waals surface area contributed by atoms with E-state index in [2.05, 4.69) is 0 Å². The monoisotopic (exact) mass is 155 g/mol. The molecule has 0 atom stereocenters. The molecule has 0 aliphatic heterocycles. The van der Waals surface area contributed by atoms with Crippen LogP contribution in [0, 0.1) is 0 Å². The van der Waals surface area contributed by atoms with Crippen LogP contribution < -0.4 is 18.9 Å². The molecule has 0 amide bonds. The average Bonchev–Trinajstić information content (AvgIpc) is 1.76. The number of hydrogen-bond donors (Lipinski definition) is 0. The predicted octanol–water partition coefficient (Wildman–Crippen LogP) is -1.14. The molecule has 0 aliphatic rings. The third-order valence-electron chi connectivity index (χ3n) is 0.425. The number of hydrogen-bond acceptors (Lipinski definition) is 1. The van der Waals surface area contributed by atoms with E-state index in [0.717, 1.165) is 0 Å². The zero-order valence-electron chi connectivity index (χ0n) is 5.02. The van der Waals surface area contributed by atoms with E-state index in [0.29, 0.717) is 0 Å². The molecule has 0 spiro atoms. The predicted molar refractivity (Wildman–Crippen MR) is 25.4 cm³/mol. The molecule has 0 aliphatic carbocycles. The summed E-state index contributed by atoms with van der Waals surface area (Å²) in [5.41, 5.74) is 0. The first-order valence-electron chi connectivity index (χ1n) is 1.47. The summed E-state index contributed by atoms with van der Waals surface area (Å²) < 4.78 is 0. The van der Waals surface area contributed by atoms with Gasteiger partial charge in [-0.25, -0.2) is 0 Å². The molecule has 1 aromatic rings. The van der Waals surface area contributed by atoms with Gasteiger partial charge in [-0.2, -0.15) is 11.3 Å². The largest absolute Gasteiger partial charge is 1.00 e. The van der Waals surface area contributed by atoms with Crippen molar-refractivity contribution in [2.75, 3.05) is 0 Å². The van der Waals surface area contributed by atoms with Crippen molar-refractivity contribution >= 4 is 11.3 Å². The third kappa shape index (κ3) is 4.67. The van der Waals surface area contributed by atoms with Gasteiger partial charge in [-0.15, -0.1) is 0 Å². The van der Waals surface area contributed by atoms with Gasteiger partial charge in [0.1, 0.15) is 0 Å². The van der Waals surface area contributed by atoms with Crippen LogP contribution >= 0.6 is 11.3 Å². The molecule has 0 unspecified atom stereocenters. The topological polar surface area (TPSA) is 0 Å². The number of thiophene rings is 1. The minimum absolute atomic E-state index is 0. The molecule has 7 heavy (non-hydrogen) atoms. The SMILES string of the molecule is [Cu].[H-].[Li+].c1ccsc1. The van der Waals surface area contributed by atoms with Gasteiger partial charge in [0.2, 0.25) is 0 Å². The van der Waals surface area contributed by atoms with Crippen LogP contribution in [0.4, 0.5) is 0 Å². The Morgan fingerprint density at radius 1 is 1.14 bits per heavy atom. The second-order valence-electron chi connectivity index (χ2n) is 0.793. The summed E-state index contributed by atoms with van der Waals surface area (Å²) in [4.78, 5) is 0. The maximum Gasteiger partial charge on any atom is 1.00 e. The van der Waals surface area contributed by atoms with Crippen LogP contribution in [0.3, 0.4) is 0 Å². The van der Waals surface area contributed by atoms with E-state index < -0.39 is 0 Å². The van der Waals surface area contributed by atoms with Gasteiger partial charge in [-0.1, -0.05) is 12.1 Å². The molecule has 39 valence electrons. The smallest absolute Gasteiger partial charge is 1.00 e. The summed E-state index contributed by atoms with van der Waals surface area (Å²) in [6.45, 7) is 0. The quantitative estimate of drug-likeness (QED) is 0.416. The van der Waals surface area contributed by atoms with E-state index in [1.807, 2.05) is 22.9 Å². The molecule has 0 saturated heterocycles. The molecule has 1 heterocycles. The Morgan fingerprint density at radius 3 is 1.71 bits per heavy atom. The van der Waals surface area contributed by atoms with E-state index in [4.69, 9.17) is 0 Å². The van der Waals surface area contributed by atoms with Crippen molar-refractivity contribution in [3.8, 4) is 0 Å². The van der Waals surface area contributed by atoms with Crippen molar-refractivity contribution in [3.63, 3.8) is 0 Å². The van der Waals surface area contributed by atoms with Crippen LogP contribution in [-0.2, 0) is 17.1 Å². The molecule has 1 radical (unpaired) electrons. The molecule has 1 aromatic heterocycles. The fourth-order valence-corrected chi connectivity index (χ4v) is 0.680. The summed E-state index contributed by atoms with van der Waals surface area (Å²) in [6.07, 6.45) is 0. The van der Waals surface area contributed by atoms with Gasteiger partial charge in [0.25, 0.3) is 0 Å². The van der Waals surface area contributed by atoms with Crippen LogP contribution in [0.25, 0.3) is 0 Å². The van der Waals surface area contributed by atoms with Gasteiger partial charge in [0.15, 0.2) is 0 Å². The standard InChI is InChI=1S/C4H4S.Cu.Li.H/c1-2-4-5-3-1;;;/h1-4H;;;/q;;+1;-1. The van der Waals surface area contributed by atoms with Gasteiger partial charge in [-0.05, 0) is 10.8 Å². The average molecular weight is 156 g/mol. The van der Waals surface area contributed by atoms with Crippen molar-refractivity contribution in [2.24, 2.45) is 0 Å². The molecule has 3 heteroatoms. The van der Waals surface area contributed by atoms with Crippen molar-refractivity contribution in [1.29, 1.82) is 0 Å². The van der Waals surface area contributed by atoms with E-state index in [1.54, 1.807) is 11.3 Å². The molecule has 0 saturated carbocycles. The van der Waals surface area contributed by atoms with E-state index in [9.17, 15) is 0 Å². The number of rotatable bonds is 0. The molecule has 0 N–H and O–H groups in total. The van der Waals surface area contributed by atoms with Crippen molar-refractivity contribution in [3.05, 3.63) is 22.9 Å². The maximum absolute atomic E-state index is 2.04. The Kier molecular flexibility index (Phi) is 10.5. The first-order chi connectivity index (χ1) is 2.50. The second kappa shape index (κ2) is 6.82. The third-order valence-corrected chi connectivity index (χ3v) is 1.05. The molecule has 0 bridgehead atoms. The molecule has 1 rings (SSSR count). The van der Waals surface area contributed by atoms with Gasteiger partial charge < -0.3 is 1.43 Å². The van der Waals surface area contributed by atoms with E-state index in [1.165, 1.54) is 0 Å². The van der Waals surface area contributed by atoms with E-state index >= 15 is 0 Å². The van der Waals surface area contributed by atoms with Gasteiger partial charge in [0, 0.05) is 17.1 Å². The van der Waals surface area contributed by atoms with Crippen LogP contribution in [0.1, 0.15) is 1.43 Å². The Labute approximate surface area is 71.4 Å². The van der Waals surface area contributed by atoms with Gasteiger partial charge in [-0.3, -0.25) is 0 Å². The fraction of sp³-hybridized carbons (Fsp3) is 0. The normalized spacial score (nSPS) is 5.71. The zero-order chi connectivity index (χ0) is 3.54. The molecular weight excluding hydrogens is 151 g/mol. The first kappa shape index (κ1) is 10.7. The fourth-order valence-electron chi connectivity index (χ4n) is 0.227. The summed E-state index contributed by atoms with van der Waals surface area (Å²) in [5.74, 6) is 0. The zero-order valence-corrected chi connectivity index (χ0v) is 5.78. The summed E-state index contributed by atoms with van der Waals surface area (Å²) in [7, 11) is 0. The van der Waals surface area contributed by atoms with Crippen LogP contribution in [0.15, 0.2) is 22.9 Å². The Bertz CT molecular complexity index is 72.5. The minimum atomic E-state index is 0. The minimum Gasteiger partial charge on any atom is -1.00 e. The molecule has 0 fully saturated rings. The summed E-state index contributed by atoms with van der Waals surface area (Å²) >= 11 is 1.71.